The lowest BCUT2D eigenvalue weighted by atomic mass is 9.96. The van der Waals surface area contributed by atoms with E-state index in [1.807, 2.05) is 36.5 Å². The molecule has 53 heavy (non-hydrogen) atoms. The van der Waals surface area contributed by atoms with Crippen molar-refractivity contribution in [2.24, 2.45) is 0 Å². The normalized spacial score (nSPS) is 20.0. The molecule has 1 saturated heterocycles. The Kier molecular flexibility index (Phi) is 12.7. The number of amides is 1. The van der Waals surface area contributed by atoms with Crippen molar-refractivity contribution >= 4 is 27.5 Å². The van der Waals surface area contributed by atoms with E-state index < -0.39 is 65.2 Å². The summed E-state index contributed by atoms with van der Waals surface area (Å²) in [5.74, 6) is 0.226. The third-order valence-electron chi connectivity index (χ3n) is 9.86. The van der Waals surface area contributed by atoms with Crippen molar-refractivity contribution in [1.82, 2.24) is 14.6 Å². The topological polar surface area (TPSA) is 208 Å². The molecule has 3 fully saturated rings. The van der Waals surface area contributed by atoms with Gasteiger partial charge in [0.15, 0.2) is 0 Å². The number of carbonyl (C=O) groups is 1. The summed E-state index contributed by atoms with van der Waals surface area (Å²) in [4.78, 5) is 16.8. The van der Waals surface area contributed by atoms with E-state index in [0.29, 0.717) is 23.4 Å². The number of hydrogen-bond donors (Lipinski definition) is 6. The Morgan fingerprint density at radius 1 is 0.962 bits per heavy atom. The monoisotopic (exact) mass is 775 g/mol. The number of ether oxygens (including phenoxy) is 3. The zero-order chi connectivity index (χ0) is 37.8. The predicted molar refractivity (Wildman–Crippen MR) is 192 cm³/mol. The number of halogens is 1. The van der Waals surface area contributed by atoms with Crippen LogP contribution < -0.4 is 10.1 Å². The number of carbonyl (C=O) groups excluding carboxylic acids is 1. The van der Waals surface area contributed by atoms with Crippen LogP contribution in [0.1, 0.15) is 49.7 Å². The van der Waals surface area contributed by atoms with Gasteiger partial charge in [-0.3, -0.25) is 9.78 Å². The highest BCUT2D eigenvalue weighted by Gasteiger charge is 2.48. The van der Waals surface area contributed by atoms with Gasteiger partial charge in [-0.15, -0.1) is 0 Å². The fourth-order valence-corrected chi connectivity index (χ4v) is 8.02. The summed E-state index contributed by atoms with van der Waals surface area (Å²) >= 11 is 6.57. The fourth-order valence-electron chi connectivity index (χ4n) is 6.33. The van der Waals surface area contributed by atoms with Gasteiger partial charge in [0.2, 0.25) is 15.9 Å². The van der Waals surface area contributed by atoms with Crippen molar-refractivity contribution in [2.75, 3.05) is 32.8 Å². The van der Waals surface area contributed by atoms with E-state index in [2.05, 4.69) is 10.3 Å². The van der Waals surface area contributed by atoms with Gasteiger partial charge in [-0.2, -0.15) is 4.31 Å². The minimum Gasteiger partial charge on any atom is -0.490 e. The number of hydrogen-bond acceptors (Lipinski definition) is 12. The molecule has 1 aliphatic heterocycles. The zero-order valence-electron chi connectivity index (χ0n) is 29.1. The summed E-state index contributed by atoms with van der Waals surface area (Å²) in [7, 11) is -3.89. The van der Waals surface area contributed by atoms with Crippen molar-refractivity contribution in [1.29, 1.82) is 0 Å². The maximum Gasteiger partial charge on any atom is 0.246 e. The molecule has 0 bridgehead atoms. The Morgan fingerprint density at radius 3 is 2.38 bits per heavy atom. The lowest BCUT2D eigenvalue weighted by molar-refractivity contribution is -0.132. The Balaban J connectivity index is 1.02. The third kappa shape index (κ3) is 9.54. The first-order chi connectivity index (χ1) is 25.4. The van der Waals surface area contributed by atoms with Gasteiger partial charge < -0.3 is 45.1 Å². The molecule has 2 aliphatic carbocycles. The summed E-state index contributed by atoms with van der Waals surface area (Å²) in [6.45, 7) is -1.19. The molecule has 3 aliphatic rings. The average molecular weight is 776 g/mol. The van der Waals surface area contributed by atoms with Gasteiger partial charge >= 0.3 is 0 Å². The number of aliphatic hydroxyl groups is 5. The molecule has 4 atom stereocenters. The minimum absolute atomic E-state index is 0.0923. The number of pyridine rings is 1. The van der Waals surface area contributed by atoms with Gasteiger partial charge in [-0.25, -0.2) is 8.42 Å². The number of rotatable bonds is 18. The number of aliphatic hydroxyl groups excluding tert-OH is 5. The summed E-state index contributed by atoms with van der Waals surface area (Å²) in [5, 5.41) is 50.7. The Hall–Kier alpha value is -3.22. The number of para-hydroxylation sites is 1. The third-order valence-corrected chi connectivity index (χ3v) is 12.1. The second-order valence-electron chi connectivity index (χ2n) is 13.8. The van der Waals surface area contributed by atoms with Crippen LogP contribution in [0.5, 0.6) is 5.75 Å². The van der Waals surface area contributed by atoms with E-state index in [4.69, 9.17) is 30.9 Å². The number of piperidine rings is 1. The highest BCUT2D eigenvalue weighted by Crippen LogP contribution is 2.53. The summed E-state index contributed by atoms with van der Waals surface area (Å²) in [6.07, 6.45) is 0.891. The SMILES string of the molecule is O=C(COC1CCN(S(=O)(=O)c2ccc(Cl)c(COC3(c4cnccc4-c4ccccc4OC4CC4)CC3)c2)CC1)NC[C@H](O)[C@@H](O)[C@H](O)[C@H](O)CO. The number of nitrogens with one attached hydrogen (secondary N) is 1. The standard InChI is InChI=1S/C37H46ClN3O11S/c38-30-8-7-26(53(48,49)41-15-10-24(11-16-41)50-22-34(45)40-19-31(43)35(46)36(47)32(44)20-42)17-23(30)21-51-37(12-13-37)29-18-39-14-9-27(29)28-3-1-2-4-33(28)52-25-5-6-25/h1-4,7-9,14,17-18,24-25,31-32,35-36,42-44,46-47H,5-6,10-13,15-16,19-22H2,(H,40,45)/t31-,32+,35+,36+/m0/s1. The highest BCUT2D eigenvalue weighted by atomic mass is 35.5. The van der Waals surface area contributed by atoms with Crippen LogP contribution in [-0.4, -0.2) is 119 Å². The number of aromatic nitrogens is 1. The van der Waals surface area contributed by atoms with Crippen LogP contribution in [0.4, 0.5) is 0 Å². The molecule has 3 aromatic rings. The fraction of sp³-hybridized carbons (Fsp3) is 0.514. The molecule has 0 radical (unpaired) electrons. The molecule has 1 amide bonds. The maximum absolute atomic E-state index is 13.7. The van der Waals surface area contributed by atoms with Crippen LogP contribution in [-0.2, 0) is 36.5 Å². The Morgan fingerprint density at radius 2 is 1.68 bits per heavy atom. The van der Waals surface area contributed by atoms with Crippen LogP contribution in [0.25, 0.3) is 11.1 Å². The van der Waals surface area contributed by atoms with Crippen LogP contribution >= 0.6 is 11.6 Å². The second kappa shape index (κ2) is 17.1. The van der Waals surface area contributed by atoms with Gasteiger partial charge in [-0.05, 0) is 80.0 Å². The average Bonchev–Trinajstić information content (AvgIpc) is 4.13. The van der Waals surface area contributed by atoms with Gasteiger partial charge in [0.05, 0.1) is 42.0 Å². The molecule has 14 nitrogen and oxygen atoms in total. The molecule has 0 unspecified atom stereocenters. The van der Waals surface area contributed by atoms with E-state index in [0.717, 1.165) is 48.1 Å². The van der Waals surface area contributed by atoms with Gasteiger partial charge in [0.25, 0.3) is 0 Å². The first kappa shape index (κ1) is 39.5. The molecule has 288 valence electrons. The summed E-state index contributed by atoms with van der Waals surface area (Å²) in [6, 6.07) is 14.5. The van der Waals surface area contributed by atoms with Gasteiger partial charge in [0, 0.05) is 48.2 Å². The van der Waals surface area contributed by atoms with Crippen LogP contribution in [0.2, 0.25) is 5.02 Å². The van der Waals surface area contributed by atoms with Crippen LogP contribution in [0.3, 0.4) is 0 Å². The van der Waals surface area contributed by atoms with E-state index in [1.54, 1.807) is 18.3 Å². The van der Waals surface area contributed by atoms with E-state index in [-0.39, 0.29) is 37.3 Å². The van der Waals surface area contributed by atoms with Crippen LogP contribution in [0.15, 0.2) is 65.8 Å². The largest absolute Gasteiger partial charge is 0.490 e. The first-order valence-electron chi connectivity index (χ1n) is 17.8. The predicted octanol–water partition coefficient (Wildman–Crippen LogP) is 1.87. The van der Waals surface area contributed by atoms with E-state index in [9.17, 15) is 33.6 Å². The number of benzene rings is 2. The van der Waals surface area contributed by atoms with Crippen LogP contribution in [0, 0.1) is 0 Å². The quantitative estimate of drug-likeness (QED) is 0.110. The second-order valence-corrected chi connectivity index (χ2v) is 16.1. The minimum atomic E-state index is -3.89. The maximum atomic E-state index is 13.7. The first-order valence-corrected chi connectivity index (χ1v) is 19.6. The molecule has 0 spiro atoms. The smallest absolute Gasteiger partial charge is 0.246 e. The molecule has 1 aromatic heterocycles. The van der Waals surface area contributed by atoms with E-state index in [1.165, 1.54) is 10.4 Å². The van der Waals surface area contributed by atoms with Crippen molar-refractivity contribution in [3.05, 3.63) is 77.1 Å². The lowest BCUT2D eigenvalue weighted by Gasteiger charge is -2.31. The number of sulfonamides is 1. The number of nitrogens with zero attached hydrogens (tertiary/aromatic N) is 2. The van der Waals surface area contributed by atoms with Crippen molar-refractivity contribution in [3.8, 4) is 16.9 Å². The van der Waals surface area contributed by atoms with Crippen molar-refractivity contribution in [3.63, 3.8) is 0 Å². The lowest BCUT2D eigenvalue weighted by Crippen LogP contribution is -2.50. The zero-order valence-corrected chi connectivity index (χ0v) is 30.7. The molecule has 2 saturated carbocycles. The van der Waals surface area contributed by atoms with Crippen molar-refractivity contribution < 1.29 is 53.0 Å². The molecular weight excluding hydrogens is 730 g/mol. The van der Waals surface area contributed by atoms with Gasteiger partial charge in [0.1, 0.15) is 30.7 Å². The Labute approximate surface area is 313 Å². The van der Waals surface area contributed by atoms with Crippen molar-refractivity contribution in [2.45, 2.75) is 92.3 Å². The summed E-state index contributed by atoms with van der Waals surface area (Å²) in [5.41, 5.74) is 2.85. The molecule has 2 heterocycles. The molecule has 6 N–H and O–H groups in total. The molecule has 6 rings (SSSR count). The molecule has 2 aromatic carbocycles. The van der Waals surface area contributed by atoms with Gasteiger partial charge in [-0.1, -0.05) is 29.8 Å². The Bertz CT molecular complexity index is 1830. The molecular formula is C37H46ClN3O11S. The highest BCUT2D eigenvalue weighted by molar-refractivity contribution is 7.89. The van der Waals surface area contributed by atoms with E-state index >= 15 is 0 Å². The molecule has 16 heteroatoms. The summed E-state index contributed by atoms with van der Waals surface area (Å²) < 4.78 is 47.2.